The molecule has 0 saturated heterocycles. The second kappa shape index (κ2) is 3.29. The molecule has 8 bridgehead atoms. The molecule has 6 saturated carbocycles. The maximum atomic E-state index is 12.8. The Kier molecular flexibility index (Phi) is 1.91. The predicted molar refractivity (Wildman–Crippen MR) is 69.1 cm³/mol. The molecule has 6 rings (SSSR count). The summed E-state index contributed by atoms with van der Waals surface area (Å²) in [6, 6.07) is 0. The molecule has 6 aliphatic rings. The Morgan fingerprint density at radius 2 is 1.23 bits per heavy atom. The molecular formula is C16H16O6. The first-order valence-corrected chi connectivity index (χ1v) is 7.71. The fraction of sp³-hybridized carbons (Fsp3) is 0.750. The van der Waals surface area contributed by atoms with Crippen molar-refractivity contribution < 1.29 is 28.7 Å². The first kappa shape index (κ1) is 12.8. The largest absolute Gasteiger partial charge is 0.469 e. The molecule has 6 heteroatoms. The summed E-state index contributed by atoms with van der Waals surface area (Å²) in [4.78, 5) is 50.5. The van der Waals surface area contributed by atoms with Gasteiger partial charge in [-0.3, -0.25) is 19.2 Å². The molecule has 0 aromatic rings. The molecule has 0 aromatic heterocycles. The number of carbonyl (C=O) groups excluding carboxylic acids is 4. The Hall–Kier alpha value is -1.72. The number of hydrogen-bond donors (Lipinski definition) is 0. The highest BCUT2D eigenvalue weighted by Gasteiger charge is 2.99. The Balaban J connectivity index is 1.85. The predicted octanol–water partition coefficient (Wildman–Crippen LogP) is -0.0112. The average Bonchev–Trinajstić information content (AvgIpc) is 3.25. The van der Waals surface area contributed by atoms with Crippen molar-refractivity contribution in [3.63, 3.8) is 0 Å². The monoisotopic (exact) mass is 304 g/mol. The van der Waals surface area contributed by atoms with E-state index in [1.165, 1.54) is 14.2 Å². The molecule has 6 nitrogen and oxygen atoms in total. The van der Waals surface area contributed by atoms with Crippen LogP contribution in [-0.4, -0.2) is 37.7 Å². The van der Waals surface area contributed by atoms with Gasteiger partial charge in [-0.05, 0) is 23.7 Å². The molecule has 0 radical (unpaired) electrons. The van der Waals surface area contributed by atoms with Crippen molar-refractivity contribution in [2.75, 3.05) is 14.2 Å². The lowest BCUT2D eigenvalue weighted by atomic mass is 9.49. The molecule has 0 unspecified atom stereocenters. The molecule has 6 fully saturated rings. The first-order chi connectivity index (χ1) is 10.5. The van der Waals surface area contributed by atoms with Gasteiger partial charge in [0, 0.05) is 24.7 Å². The average molecular weight is 304 g/mol. The zero-order chi connectivity index (χ0) is 15.6. The Morgan fingerprint density at radius 1 is 0.864 bits per heavy atom. The van der Waals surface area contributed by atoms with Crippen LogP contribution in [0, 0.1) is 46.3 Å². The Morgan fingerprint density at radius 3 is 1.55 bits per heavy atom. The van der Waals surface area contributed by atoms with Crippen LogP contribution in [0.4, 0.5) is 0 Å². The molecule has 0 N–H and O–H groups in total. The summed E-state index contributed by atoms with van der Waals surface area (Å²) in [7, 11) is 2.58. The van der Waals surface area contributed by atoms with Gasteiger partial charge in [0.2, 0.25) is 0 Å². The van der Waals surface area contributed by atoms with Gasteiger partial charge in [-0.15, -0.1) is 0 Å². The van der Waals surface area contributed by atoms with E-state index >= 15 is 0 Å². The summed E-state index contributed by atoms with van der Waals surface area (Å²) in [5, 5.41) is 0. The number of methoxy groups -OCH3 is 2. The van der Waals surface area contributed by atoms with Crippen LogP contribution in [0.3, 0.4) is 0 Å². The minimum absolute atomic E-state index is 0.0212. The van der Waals surface area contributed by atoms with Crippen LogP contribution < -0.4 is 0 Å². The summed E-state index contributed by atoms with van der Waals surface area (Å²) in [5.74, 6) is -2.29. The number of carbonyl (C=O) groups is 4. The number of Topliss-reactive ketones (excluding diaryl/α,β-unsaturated/α-hetero) is 2. The first-order valence-electron chi connectivity index (χ1n) is 7.71. The van der Waals surface area contributed by atoms with Crippen LogP contribution >= 0.6 is 0 Å². The second-order valence-corrected chi connectivity index (χ2v) is 7.39. The maximum Gasteiger partial charge on any atom is 0.314 e. The number of ketones is 2. The van der Waals surface area contributed by atoms with Crippen molar-refractivity contribution in [2.24, 2.45) is 46.3 Å². The van der Waals surface area contributed by atoms with E-state index in [1.54, 1.807) is 0 Å². The molecule has 0 aromatic carbocycles. The van der Waals surface area contributed by atoms with Crippen LogP contribution in [-0.2, 0) is 28.7 Å². The summed E-state index contributed by atoms with van der Waals surface area (Å²) in [6.45, 7) is 0. The van der Waals surface area contributed by atoms with E-state index in [0.717, 1.165) is 0 Å². The summed E-state index contributed by atoms with van der Waals surface area (Å²) >= 11 is 0. The van der Waals surface area contributed by atoms with E-state index in [-0.39, 0.29) is 48.1 Å². The van der Waals surface area contributed by atoms with E-state index in [0.29, 0.717) is 0 Å². The van der Waals surface area contributed by atoms with E-state index < -0.39 is 34.6 Å². The van der Waals surface area contributed by atoms with Crippen LogP contribution in [0.5, 0.6) is 0 Å². The minimum Gasteiger partial charge on any atom is -0.469 e. The van der Waals surface area contributed by atoms with Crippen molar-refractivity contribution in [3.8, 4) is 0 Å². The van der Waals surface area contributed by atoms with Gasteiger partial charge in [-0.25, -0.2) is 0 Å². The Labute approximate surface area is 126 Å². The number of hydrogen-bond acceptors (Lipinski definition) is 6. The van der Waals surface area contributed by atoms with Gasteiger partial charge in [0.1, 0.15) is 11.6 Å². The molecule has 22 heavy (non-hydrogen) atoms. The molecule has 8 atom stereocenters. The standard InChI is InChI=1S/C16H16O6/c1-21-13(19)15-5-3-8(18)12-9(5)10-6(4-7(17)11(10)15)16(12,15)14(20)22-2/h5-6,9-12H,3-4H2,1-2H3/t5-,6+,9-,10-,11+,12-,15-,16-/m1/s1. The highest BCUT2D eigenvalue weighted by atomic mass is 16.5. The number of ether oxygens (including phenoxy) is 2. The van der Waals surface area contributed by atoms with Gasteiger partial charge >= 0.3 is 11.9 Å². The third-order valence-electron chi connectivity index (χ3n) is 7.56. The van der Waals surface area contributed by atoms with Crippen LogP contribution in [0.15, 0.2) is 0 Å². The van der Waals surface area contributed by atoms with Crippen molar-refractivity contribution in [1.29, 1.82) is 0 Å². The molecule has 0 spiro atoms. The number of rotatable bonds is 2. The second-order valence-electron chi connectivity index (χ2n) is 7.39. The Bertz CT molecular complexity index is 624. The van der Waals surface area contributed by atoms with Crippen molar-refractivity contribution in [1.82, 2.24) is 0 Å². The fourth-order valence-corrected chi connectivity index (χ4v) is 7.70. The molecular weight excluding hydrogens is 288 g/mol. The van der Waals surface area contributed by atoms with Gasteiger partial charge in [-0.1, -0.05) is 0 Å². The van der Waals surface area contributed by atoms with Gasteiger partial charge in [0.25, 0.3) is 0 Å². The number of esters is 2. The lowest BCUT2D eigenvalue weighted by Crippen LogP contribution is -2.63. The van der Waals surface area contributed by atoms with E-state index in [9.17, 15) is 19.2 Å². The highest BCUT2D eigenvalue weighted by molar-refractivity contribution is 6.08. The lowest BCUT2D eigenvalue weighted by Gasteiger charge is -2.50. The molecule has 6 aliphatic carbocycles. The van der Waals surface area contributed by atoms with E-state index in [4.69, 9.17) is 9.47 Å². The summed E-state index contributed by atoms with van der Waals surface area (Å²) in [6.07, 6.45) is 0.576. The topological polar surface area (TPSA) is 86.7 Å². The van der Waals surface area contributed by atoms with Gasteiger partial charge in [0.15, 0.2) is 0 Å². The van der Waals surface area contributed by atoms with Gasteiger partial charge in [-0.2, -0.15) is 0 Å². The van der Waals surface area contributed by atoms with Crippen molar-refractivity contribution in [3.05, 3.63) is 0 Å². The van der Waals surface area contributed by atoms with Crippen LogP contribution in [0.25, 0.3) is 0 Å². The van der Waals surface area contributed by atoms with Crippen molar-refractivity contribution >= 4 is 23.5 Å². The van der Waals surface area contributed by atoms with Crippen LogP contribution in [0.1, 0.15) is 12.8 Å². The van der Waals surface area contributed by atoms with Crippen LogP contribution in [0.2, 0.25) is 0 Å². The summed E-state index contributed by atoms with van der Waals surface area (Å²) < 4.78 is 10.1. The van der Waals surface area contributed by atoms with Crippen molar-refractivity contribution in [2.45, 2.75) is 12.8 Å². The summed E-state index contributed by atoms with van der Waals surface area (Å²) in [5.41, 5.74) is -2.30. The van der Waals surface area contributed by atoms with E-state index in [1.807, 2.05) is 0 Å². The minimum atomic E-state index is -1.15. The zero-order valence-corrected chi connectivity index (χ0v) is 12.3. The molecule has 0 amide bonds. The zero-order valence-electron chi connectivity index (χ0n) is 12.3. The highest BCUT2D eigenvalue weighted by Crippen LogP contribution is 2.91. The third-order valence-corrected chi connectivity index (χ3v) is 7.56. The molecule has 0 aliphatic heterocycles. The smallest absolute Gasteiger partial charge is 0.314 e. The quantitative estimate of drug-likeness (QED) is 0.667. The molecule has 116 valence electrons. The maximum absolute atomic E-state index is 12.8. The van der Waals surface area contributed by atoms with Gasteiger partial charge in [0.05, 0.1) is 25.0 Å². The molecule has 0 heterocycles. The van der Waals surface area contributed by atoms with E-state index in [2.05, 4.69) is 0 Å². The third kappa shape index (κ3) is 0.787. The van der Waals surface area contributed by atoms with Gasteiger partial charge < -0.3 is 9.47 Å². The lowest BCUT2D eigenvalue weighted by molar-refractivity contribution is -0.194. The fourth-order valence-electron chi connectivity index (χ4n) is 7.70. The normalized spacial score (nSPS) is 55.4. The SMILES string of the molecule is COC(=O)[C@]12[C@@H]3C(=O)C[C@@H]4[C@@H]3[C@H]3[C@@H]1CC(=O)[C@@H]3[C@@]42C(=O)OC.